The molecule has 2 aromatic carbocycles. The summed E-state index contributed by atoms with van der Waals surface area (Å²) in [4.78, 5) is 12.2. The van der Waals surface area contributed by atoms with Crippen molar-refractivity contribution >= 4 is 17.5 Å². The molecule has 2 aromatic rings. The van der Waals surface area contributed by atoms with Gasteiger partial charge in [-0.25, -0.2) is 0 Å². The minimum absolute atomic E-state index is 0.0503. The third-order valence-electron chi connectivity index (χ3n) is 4.18. The summed E-state index contributed by atoms with van der Waals surface area (Å²) in [5, 5.41) is 23.1. The molecule has 1 aliphatic carbocycles. The monoisotopic (exact) mass is 331 g/mol. The van der Waals surface area contributed by atoms with Gasteiger partial charge in [-0.2, -0.15) is 0 Å². The molecular formula is C18H18ClNO3. The maximum absolute atomic E-state index is 12.2. The van der Waals surface area contributed by atoms with Crippen LogP contribution in [0.25, 0.3) is 0 Å². The second-order valence-electron chi connectivity index (χ2n) is 5.86. The van der Waals surface area contributed by atoms with E-state index in [-0.39, 0.29) is 11.8 Å². The standard InChI is InChI=1S/C18H18ClNO3/c19-14-3-1-2-12(8-14)17(22)18(23)20-15-6-4-11-5-7-16(21)10-13(11)9-15/h1-3,5,7-8,10,15,17,21-22H,4,6,9H2,(H,20,23)/t15-,17?/m1/s1. The molecule has 0 saturated heterocycles. The van der Waals surface area contributed by atoms with E-state index in [9.17, 15) is 15.0 Å². The molecule has 0 fully saturated rings. The Morgan fingerprint density at radius 1 is 1.22 bits per heavy atom. The Labute approximate surface area is 139 Å². The Bertz CT molecular complexity index is 732. The van der Waals surface area contributed by atoms with Crippen molar-refractivity contribution in [1.82, 2.24) is 5.32 Å². The number of aryl methyl sites for hydroxylation is 1. The van der Waals surface area contributed by atoms with Crippen LogP contribution in [0.2, 0.25) is 5.02 Å². The van der Waals surface area contributed by atoms with Gasteiger partial charge in [0.05, 0.1) is 0 Å². The first kappa shape index (κ1) is 15.8. The summed E-state index contributed by atoms with van der Waals surface area (Å²) in [6.07, 6.45) is 1.07. The number of benzene rings is 2. The van der Waals surface area contributed by atoms with E-state index in [0.29, 0.717) is 17.0 Å². The molecule has 0 saturated carbocycles. The van der Waals surface area contributed by atoms with Crippen LogP contribution in [0, 0.1) is 0 Å². The van der Waals surface area contributed by atoms with E-state index >= 15 is 0 Å². The fraction of sp³-hybridized carbons (Fsp3) is 0.278. The number of fused-ring (bicyclic) bond motifs is 1. The highest BCUT2D eigenvalue weighted by Crippen LogP contribution is 2.25. The lowest BCUT2D eigenvalue weighted by Gasteiger charge is -2.26. The second-order valence-corrected chi connectivity index (χ2v) is 6.30. The third-order valence-corrected chi connectivity index (χ3v) is 4.41. The van der Waals surface area contributed by atoms with Crippen molar-refractivity contribution in [2.24, 2.45) is 0 Å². The molecule has 1 unspecified atom stereocenters. The molecule has 0 spiro atoms. The lowest BCUT2D eigenvalue weighted by atomic mass is 9.88. The molecule has 4 nitrogen and oxygen atoms in total. The van der Waals surface area contributed by atoms with Crippen molar-refractivity contribution in [2.75, 3.05) is 0 Å². The number of phenolic OH excluding ortho intramolecular Hbond substituents is 1. The molecule has 0 radical (unpaired) electrons. The predicted molar refractivity (Wildman–Crippen MR) is 88.5 cm³/mol. The first-order chi connectivity index (χ1) is 11.0. The summed E-state index contributed by atoms with van der Waals surface area (Å²) in [6, 6.07) is 11.9. The molecule has 0 heterocycles. The van der Waals surface area contributed by atoms with Crippen LogP contribution in [0.5, 0.6) is 5.75 Å². The van der Waals surface area contributed by atoms with Gasteiger partial charge in [0.25, 0.3) is 5.91 Å². The fourth-order valence-electron chi connectivity index (χ4n) is 2.97. The van der Waals surface area contributed by atoms with Gasteiger partial charge in [-0.3, -0.25) is 4.79 Å². The summed E-state index contributed by atoms with van der Waals surface area (Å²) in [6.45, 7) is 0. The smallest absolute Gasteiger partial charge is 0.253 e. The Hall–Kier alpha value is -2.04. The number of phenols is 1. The number of carbonyl (C=O) groups is 1. The number of aromatic hydroxyl groups is 1. The second kappa shape index (κ2) is 6.60. The number of hydrogen-bond donors (Lipinski definition) is 3. The molecule has 3 rings (SSSR count). The summed E-state index contributed by atoms with van der Waals surface area (Å²) in [5.41, 5.74) is 2.71. The molecule has 5 heteroatoms. The normalized spacial score (nSPS) is 18.1. The molecule has 2 atom stereocenters. The van der Waals surface area contributed by atoms with Gasteiger partial charge in [-0.1, -0.05) is 29.8 Å². The maximum atomic E-state index is 12.2. The molecule has 120 valence electrons. The SMILES string of the molecule is O=C(N[C@@H]1CCc2ccc(O)cc2C1)C(O)c1cccc(Cl)c1. The predicted octanol–water partition coefficient (Wildman–Crippen LogP) is 2.75. The van der Waals surface area contributed by atoms with Crippen LogP contribution in [0.1, 0.15) is 29.2 Å². The van der Waals surface area contributed by atoms with Gasteiger partial charge in [0.15, 0.2) is 6.10 Å². The molecule has 0 aliphatic heterocycles. The molecule has 0 bridgehead atoms. The topological polar surface area (TPSA) is 69.6 Å². The van der Waals surface area contributed by atoms with E-state index in [4.69, 9.17) is 11.6 Å². The zero-order valence-corrected chi connectivity index (χ0v) is 13.3. The Morgan fingerprint density at radius 3 is 2.83 bits per heavy atom. The number of rotatable bonds is 3. The van der Waals surface area contributed by atoms with E-state index < -0.39 is 12.0 Å². The van der Waals surface area contributed by atoms with Crippen LogP contribution < -0.4 is 5.32 Å². The number of nitrogens with one attached hydrogen (secondary N) is 1. The van der Waals surface area contributed by atoms with Crippen LogP contribution >= 0.6 is 11.6 Å². The van der Waals surface area contributed by atoms with E-state index in [1.54, 1.807) is 36.4 Å². The van der Waals surface area contributed by atoms with E-state index in [2.05, 4.69) is 5.32 Å². The summed E-state index contributed by atoms with van der Waals surface area (Å²) in [7, 11) is 0. The number of hydrogen-bond acceptors (Lipinski definition) is 3. The van der Waals surface area contributed by atoms with Gasteiger partial charge < -0.3 is 15.5 Å². The number of halogens is 1. The molecular weight excluding hydrogens is 314 g/mol. The molecule has 0 aromatic heterocycles. The van der Waals surface area contributed by atoms with Crippen LogP contribution in [0.4, 0.5) is 0 Å². The summed E-state index contributed by atoms with van der Waals surface area (Å²) >= 11 is 5.89. The maximum Gasteiger partial charge on any atom is 0.253 e. The van der Waals surface area contributed by atoms with Gasteiger partial charge in [-0.05, 0) is 60.2 Å². The molecule has 3 N–H and O–H groups in total. The zero-order valence-electron chi connectivity index (χ0n) is 12.5. The highest BCUT2D eigenvalue weighted by Gasteiger charge is 2.24. The minimum Gasteiger partial charge on any atom is -0.508 e. The third kappa shape index (κ3) is 3.66. The number of aliphatic hydroxyl groups is 1. The quantitative estimate of drug-likeness (QED) is 0.810. The van der Waals surface area contributed by atoms with Gasteiger partial charge in [0.1, 0.15) is 5.75 Å². The van der Waals surface area contributed by atoms with Gasteiger partial charge in [0, 0.05) is 11.1 Å². The largest absolute Gasteiger partial charge is 0.508 e. The Balaban J connectivity index is 1.67. The van der Waals surface area contributed by atoms with Crippen molar-refractivity contribution in [3.8, 4) is 5.75 Å². The van der Waals surface area contributed by atoms with Crippen LogP contribution in [0.15, 0.2) is 42.5 Å². The van der Waals surface area contributed by atoms with Crippen molar-refractivity contribution in [2.45, 2.75) is 31.4 Å². The summed E-state index contributed by atoms with van der Waals surface area (Å²) < 4.78 is 0. The summed E-state index contributed by atoms with van der Waals surface area (Å²) in [5.74, 6) is -0.199. The first-order valence-corrected chi connectivity index (χ1v) is 7.95. The van der Waals surface area contributed by atoms with Crippen molar-refractivity contribution < 1.29 is 15.0 Å². The van der Waals surface area contributed by atoms with E-state index in [1.165, 1.54) is 5.56 Å². The van der Waals surface area contributed by atoms with Crippen LogP contribution in [-0.4, -0.2) is 22.2 Å². The average molecular weight is 332 g/mol. The van der Waals surface area contributed by atoms with Crippen molar-refractivity contribution in [3.05, 3.63) is 64.2 Å². The van der Waals surface area contributed by atoms with Crippen molar-refractivity contribution in [3.63, 3.8) is 0 Å². The highest BCUT2D eigenvalue weighted by atomic mass is 35.5. The average Bonchev–Trinajstić information content (AvgIpc) is 2.53. The lowest BCUT2D eigenvalue weighted by molar-refractivity contribution is -0.130. The zero-order chi connectivity index (χ0) is 16.4. The van der Waals surface area contributed by atoms with E-state index in [1.807, 2.05) is 6.07 Å². The minimum atomic E-state index is -1.24. The van der Waals surface area contributed by atoms with Gasteiger partial charge >= 0.3 is 0 Å². The molecule has 1 amide bonds. The lowest BCUT2D eigenvalue weighted by Crippen LogP contribution is -2.41. The Morgan fingerprint density at radius 2 is 2.04 bits per heavy atom. The van der Waals surface area contributed by atoms with Gasteiger partial charge in [0.2, 0.25) is 0 Å². The van der Waals surface area contributed by atoms with E-state index in [0.717, 1.165) is 18.4 Å². The number of aliphatic hydroxyl groups excluding tert-OH is 1. The number of carbonyl (C=O) groups excluding carboxylic acids is 1. The molecule has 23 heavy (non-hydrogen) atoms. The van der Waals surface area contributed by atoms with Gasteiger partial charge in [-0.15, -0.1) is 0 Å². The van der Waals surface area contributed by atoms with Crippen LogP contribution in [-0.2, 0) is 17.6 Å². The Kier molecular flexibility index (Phi) is 4.55. The number of amides is 1. The first-order valence-electron chi connectivity index (χ1n) is 7.57. The molecule has 1 aliphatic rings. The highest BCUT2D eigenvalue weighted by molar-refractivity contribution is 6.30. The van der Waals surface area contributed by atoms with Crippen LogP contribution in [0.3, 0.4) is 0 Å². The fourth-order valence-corrected chi connectivity index (χ4v) is 3.17. The van der Waals surface area contributed by atoms with Crippen molar-refractivity contribution in [1.29, 1.82) is 0 Å².